The smallest absolute Gasteiger partial charge is 0.233 e. The Morgan fingerprint density at radius 1 is 1.26 bits per heavy atom. The summed E-state index contributed by atoms with van der Waals surface area (Å²) in [7, 11) is 0. The molecule has 1 heterocycles. The van der Waals surface area contributed by atoms with E-state index in [1.807, 2.05) is 31.2 Å². The van der Waals surface area contributed by atoms with Crippen LogP contribution in [0.2, 0.25) is 0 Å². The number of nitrogens with one attached hydrogen (secondary N) is 1. The van der Waals surface area contributed by atoms with Crippen LogP contribution in [0.5, 0.6) is 0 Å². The first kappa shape index (κ1) is 15.4. The zero-order chi connectivity index (χ0) is 16.2. The van der Waals surface area contributed by atoms with Crippen molar-refractivity contribution in [3.05, 3.63) is 71.0 Å². The van der Waals surface area contributed by atoms with Crippen molar-refractivity contribution >= 4 is 12.1 Å². The van der Waals surface area contributed by atoms with E-state index in [0.29, 0.717) is 18.5 Å². The van der Waals surface area contributed by atoms with Crippen LogP contribution in [0.4, 0.5) is 4.39 Å². The Hall–Kier alpha value is -2.49. The van der Waals surface area contributed by atoms with Crippen molar-refractivity contribution in [2.45, 2.75) is 31.8 Å². The lowest BCUT2D eigenvalue weighted by Gasteiger charge is -2.23. The molecule has 0 aromatic heterocycles. The van der Waals surface area contributed by atoms with Gasteiger partial charge in [-0.05, 0) is 23.6 Å². The van der Waals surface area contributed by atoms with Crippen molar-refractivity contribution in [3.63, 3.8) is 0 Å². The van der Waals surface area contributed by atoms with Crippen LogP contribution in [0.3, 0.4) is 0 Å². The van der Waals surface area contributed by atoms with Crippen molar-refractivity contribution < 1.29 is 9.18 Å². The summed E-state index contributed by atoms with van der Waals surface area (Å²) in [6.07, 6.45) is 2.31. The van der Waals surface area contributed by atoms with Gasteiger partial charge in [-0.1, -0.05) is 49.4 Å². The summed E-state index contributed by atoms with van der Waals surface area (Å²) in [5, 5.41) is 2.96. The Balaban J connectivity index is 1.82. The maximum Gasteiger partial charge on any atom is 0.233 e. The molecule has 1 unspecified atom stereocenters. The van der Waals surface area contributed by atoms with Gasteiger partial charge < -0.3 is 5.32 Å². The lowest BCUT2D eigenvalue weighted by Crippen LogP contribution is -2.35. The Morgan fingerprint density at radius 3 is 2.78 bits per heavy atom. The number of hydrogen-bond acceptors (Lipinski definition) is 2. The number of aliphatic imine (C=N–C) groups is 1. The number of carbonyl (C=O) groups is 1. The van der Waals surface area contributed by atoms with Gasteiger partial charge in [0.2, 0.25) is 5.91 Å². The fourth-order valence-corrected chi connectivity index (χ4v) is 2.95. The molecule has 0 fully saturated rings. The standard InChI is InChI=1S/C19H19FN2O/c1-2-18(15-9-5-6-10-17(15)20)22-19(23)16-12-21-11-13-7-3-4-8-14(13)16/h3-10,12,16,18H,2,11H2,1H3,(H,22,23)/t16?,18-/m0/s1. The molecule has 0 bridgehead atoms. The molecule has 2 aromatic carbocycles. The minimum absolute atomic E-state index is 0.143. The molecule has 0 saturated carbocycles. The van der Waals surface area contributed by atoms with Crippen LogP contribution in [0.15, 0.2) is 53.5 Å². The van der Waals surface area contributed by atoms with Gasteiger partial charge in [0.25, 0.3) is 0 Å². The van der Waals surface area contributed by atoms with Gasteiger partial charge in [0.15, 0.2) is 0 Å². The zero-order valence-corrected chi connectivity index (χ0v) is 13.0. The van der Waals surface area contributed by atoms with Crippen LogP contribution in [-0.4, -0.2) is 12.1 Å². The van der Waals surface area contributed by atoms with E-state index in [1.165, 1.54) is 6.07 Å². The van der Waals surface area contributed by atoms with Crippen molar-refractivity contribution in [2.24, 2.45) is 4.99 Å². The Morgan fingerprint density at radius 2 is 2.00 bits per heavy atom. The van der Waals surface area contributed by atoms with Crippen LogP contribution in [0, 0.1) is 5.82 Å². The maximum absolute atomic E-state index is 14.0. The highest BCUT2D eigenvalue weighted by Gasteiger charge is 2.26. The summed E-state index contributed by atoms with van der Waals surface area (Å²) < 4.78 is 14.0. The average molecular weight is 310 g/mol. The predicted octanol–water partition coefficient (Wildman–Crippen LogP) is 3.76. The fourth-order valence-electron chi connectivity index (χ4n) is 2.95. The molecule has 0 spiro atoms. The minimum Gasteiger partial charge on any atom is -0.348 e. The lowest BCUT2D eigenvalue weighted by atomic mass is 9.91. The van der Waals surface area contributed by atoms with Crippen molar-refractivity contribution in [3.8, 4) is 0 Å². The Labute approximate surface area is 135 Å². The number of halogens is 1. The largest absolute Gasteiger partial charge is 0.348 e. The second-order valence-electron chi connectivity index (χ2n) is 5.66. The molecule has 118 valence electrons. The maximum atomic E-state index is 14.0. The van der Waals surface area contributed by atoms with Gasteiger partial charge in [-0.3, -0.25) is 9.79 Å². The first-order valence-corrected chi connectivity index (χ1v) is 7.83. The first-order valence-electron chi connectivity index (χ1n) is 7.83. The molecular weight excluding hydrogens is 291 g/mol. The normalized spacial score (nSPS) is 17.4. The van der Waals surface area contributed by atoms with Crippen LogP contribution < -0.4 is 5.32 Å². The van der Waals surface area contributed by atoms with E-state index in [1.54, 1.807) is 24.4 Å². The third kappa shape index (κ3) is 3.16. The van der Waals surface area contributed by atoms with Crippen molar-refractivity contribution in [1.82, 2.24) is 5.32 Å². The molecule has 3 nitrogen and oxygen atoms in total. The lowest BCUT2D eigenvalue weighted by molar-refractivity contribution is -0.121. The number of amides is 1. The third-order valence-corrected chi connectivity index (χ3v) is 4.19. The van der Waals surface area contributed by atoms with Gasteiger partial charge in [0.05, 0.1) is 18.5 Å². The number of rotatable bonds is 4. The molecule has 0 saturated heterocycles. The van der Waals surface area contributed by atoms with E-state index in [2.05, 4.69) is 10.3 Å². The van der Waals surface area contributed by atoms with E-state index in [-0.39, 0.29) is 17.8 Å². The van der Waals surface area contributed by atoms with E-state index in [9.17, 15) is 9.18 Å². The third-order valence-electron chi connectivity index (χ3n) is 4.19. The second kappa shape index (κ2) is 6.73. The predicted molar refractivity (Wildman–Crippen MR) is 89.0 cm³/mol. The Kier molecular flexibility index (Phi) is 4.51. The molecule has 23 heavy (non-hydrogen) atoms. The summed E-state index contributed by atoms with van der Waals surface area (Å²) in [6, 6.07) is 14.0. The van der Waals surface area contributed by atoms with E-state index >= 15 is 0 Å². The number of hydrogen-bond donors (Lipinski definition) is 1. The monoisotopic (exact) mass is 310 g/mol. The van der Waals surface area contributed by atoms with E-state index in [0.717, 1.165) is 11.1 Å². The molecule has 2 atom stereocenters. The summed E-state index contributed by atoms with van der Waals surface area (Å²) in [4.78, 5) is 17.0. The number of nitrogens with zero attached hydrogens (tertiary/aromatic N) is 1. The fraction of sp³-hybridized carbons (Fsp3) is 0.263. The van der Waals surface area contributed by atoms with Gasteiger partial charge in [-0.15, -0.1) is 0 Å². The number of carbonyl (C=O) groups excluding carboxylic acids is 1. The molecule has 0 aliphatic carbocycles. The topological polar surface area (TPSA) is 41.5 Å². The molecule has 2 aromatic rings. The van der Waals surface area contributed by atoms with Crippen LogP contribution in [0.1, 0.15) is 42.0 Å². The highest BCUT2D eigenvalue weighted by molar-refractivity contribution is 6.00. The van der Waals surface area contributed by atoms with Crippen LogP contribution in [-0.2, 0) is 11.3 Å². The SMILES string of the molecule is CC[C@H](NC(=O)C1C=NCc2ccccc21)c1ccccc1F. The zero-order valence-electron chi connectivity index (χ0n) is 13.0. The van der Waals surface area contributed by atoms with Crippen molar-refractivity contribution in [1.29, 1.82) is 0 Å². The van der Waals surface area contributed by atoms with Crippen molar-refractivity contribution in [2.75, 3.05) is 0 Å². The summed E-state index contributed by atoms with van der Waals surface area (Å²) in [6.45, 7) is 2.53. The highest BCUT2D eigenvalue weighted by atomic mass is 19.1. The summed E-state index contributed by atoms with van der Waals surface area (Å²) >= 11 is 0. The minimum atomic E-state index is -0.416. The van der Waals surface area contributed by atoms with E-state index in [4.69, 9.17) is 0 Å². The summed E-state index contributed by atoms with van der Waals surface area (Å²) in [5.74, 6) is -0.853. The number of fused-ring (bicyclic) bond motifs is 1. The molecule has 1 aliphatic heterocycles. The Bertz CT molecular complexity index is 742. The van der Waals surface area contributed by atoms with Gasteiger partial charge in [-0.2, -0.15) is 0 Å². The first-order chi connectivity index (χ1) is 11.2. The quantitative estimate of drug-likeness (QED) is 0.918. The average Bonchev–Trinajstić information content (AvgIpc) is 2.59. The molecule has 1 N–H and O–H groups in total. The van der Waals surface area contributed by atoms with Crippen LogP contribution in [0.25, 0.3) is 0 Å². The van der Waals surface area contributed by atoms with Crippen LogP contribution >= 0.6 is 0 Å². The second-order valence-corrected chi connectivity index (χ2v) is 5.66. The molecule has 1 aliphatic rings. The molecule has 3 rings (SSSR count). The van der Waals surface area contributed by atoms with E-state index < -0.39 is 5.92 Å². The molecule has 1 amide bonds. The van der Waals surface area contributed by atoms with Gasteiger partial charge in [0, 0.05) is 11.8 Å². The summed E-state index contributed by atoms with van der Waals surface area (Å²) in [5.41, 5.74) is 2.56. The van der Waals surface area contributed by atoms with Gasteiger partial charge in [-0.25, -0.2) is 4.39 Å². The number of benzene rings is 2. The van der Waals surface area contributed by atoms with Gasteiger partial charge >= 0.3 is 0 Å². The molecule has 0 radical (unpaired) electrons. The highest BCUT2D eigenvalue weighted by Crippen LogP contribution is 2.26. The molecule has 4 heteroatoms. The van der Waals surface area contributed by atoms with Gasteiger partial charge in [0.1, 0.15) is 5.82 Å². The molecular formula is C19H19FN2O.